The Labute approximate surface area is 73.5 Å². The predicted octanol–water partition coefficient (Wildman–Crippen LogP) is 2.39. The van der Waals surface area contributed by atoms with Gasteiger partial charge >= 0.3 is 0 Å². The molecule has 1 unspecified atom stereocenters. The molecule has 0 N–H and O–H groups in total. The van der Waals surface area contributed by atoms with E-state index in [4.69, 9.17) is 10.00 Å². The van der Waals surface area contributed by atoms with Crippen molar-refractivity contribution in [2.45, 2.75) is 56.7 Å². The van der Waals surface area contributed by atoms with Crippen molar-refractivity contribution in [3.63, 3.8) is 0 Å². The van der Waals surface area contributed by atoms with Gasteiger partial charge in [-0.15, -0.1) is 0 Å². The number of ether oxygens (including phenoxy) is 1. The molecule has 0 aromatic heterocycles. The molecule has 0 aromatic rings. The molecule has 1 saturated heterocycles. The van der Waals surface area contributed by atoms with E-state index in [-0.39, 0.29) is 11.7 Å². The maximum atomic E-state index is 8.71. The summed E-state index contributed by atoms with van der Waals surface area (Å²) in [6.07, 6.45) is 8.67. The lowest BCUT2D eigenvalue weighted by molar-refractivity contribution is 0.249. The number of nitriles is 1. The van der Waals surface area contributed by atoms with Crippen molar-refractivity contribution in [1.82, 2.24) is 0 Å². The second kappa shape index (κ2) is 3.06. The Balaban J connectivity index is 1.93. The fraction of sp³-hybridized carbons (Fsp3) is 0.900. The van der Waals surface area contributed by atoms with Gasteiger partial charge in [0.05, 0.1) is 6.07 Å². The maximum absolute atomic E-state index is 8.71. The van der Waals surface area contributed by atoms with Crippen LogP contribution >= 0.6 is 0 Å². The lowest BCUT2D eigenvalue weighted by Gasteiger charge is -2.14. The van der Waals surface area contributed by atoms with E-state index in [9.17, 15) is 0 Å². The van der Waals surface area contributed by atoms with Gasteiger partial charge in [-0.1, -0.05) is 32.1 Å². The Morgan fingerprint density at radius 1 is 1.08 bits per heavy atom. The summed E-state index contributed by atoms with van der Waals surface area (Å²) in [5, 5.41) is 8.71. The highest BCUT2D eigenvalue weighted by molar-refractivity contribution is 5.13. The van der Waals surface area contributed by atoms with Crippen LogP contribution < -0.4 is 0 Å². The van der Waals surface area contributed by atoms with Crippen molar-refractivity contribution in [2.24, 2.45) is 0 Å². The first kappa shape index (κ1) is 8.07. The molecule has 1 saturated carbocycles. The summed E-state index contributed by atoms with van der Waals surface area (Å²) >= 11 is 0. The van der Waals surface area contributed by atoms with Crippen molar-refractivity contribution in [3.05, 3.63) is 0 Å². The topological polar surface area (TPSA) is 36.3 Å². The highest BCUT2D eigenvalue weighted by atomic mass is 16.6. The Morgan fingerprint density at radius 2 is 1.67 bits per heavy atom. The first-order valence-electron chi connectivity index (χ1n) is 4.95. The number of nitrogens with zero attached hydrogens (tertiary/aromatic N) is 1. The zero-order valence-electron chi connectivity index (χ0n) is 7.38. The second-order valence-corrected chi connectivity index (χ2v) is 3.96. The van der Waals surface area contributed by atoms with E-state index in [2.05, 4.69) is 6.07 Å². The van der Waals surface area contributed by atoms with Crippen molar-refractivity contribution in [3.8, 4) is 6.07 Å². The molecule has 1 spiro atoms. The van der Waals surface area contributed by atoms with Gasteiger partial charge in [0.25, 0.3) is 0 Å². The molecule has 0 amide bonds. The largest absolute Gasteiger partial charge is 0.350 e. The standard InChI is InChI=1S/C10H15NO/c11-8-9-10(12-9)6-4-2-1-3-5-7-10/h9H,1-7H2. The van der Waals surface area contributed by atoms with E-state index >= 15 is 0 Å². The van der Waals surface area contributed by atoms with Crippen LogP contribution in [0.3, 0.4) is 0 Å². The summed E-state index contributed by atoms with van der Waals surface area (Å²) in [6, 6.07) is 2.23. The van der Waals surface area contributed by atoms with Gasteiger partial charge in [-0.2, -0.15) is 5.26 Å². The van der Waals surface area contributed by atoms with Crippen molar-refractivity contribution in [1.29, 1.82) is 5.26 Å². The Kier molecular flexibility index (Phi) is 2.06. The minimum absolute atomic E-state index is 0.00910. The summed E-state index contributed by atoms with van der Waals surface area (Å²) in [7, 11) is 0. The number of rotatable bonds is 0. The number of hydrogen-bond donors (Lipinski definition) is 0. The van der Waals surface area contributed by atoms with Crippen LogP contribution in [0.4, 0.5) is 0 Å². The molecule has 66 valence electrons. The molecule has 2 fully saturated rings. The third kappa shape index (κ3) is 1.34. The molecule has 1 atom stereocenters. The second-order valence-electron chi connectivity index (χ2n) is 3.96. The SMILES string of the molecule is N#CC1OC12CCCCCCC2. The molecule has 0 radical (unpaired) electrons. The van der Waals surface area contributed by atoms with Crippen LogP contribution in [-0.4, -0.2) is 11.7 Å². The fourth-order valence-electron chi connectivity index (χ4n) is 2.23. The Morgan fingerprint density at radius 3 is 2.17 bits per heavy atom. The third-order valence-corrected chi connectivity index (χ3v) is 3.09. The third-order valence-electron chi connectivity index (χ3n) is 3.09. The molecule has 0 bridgehead atoms. The predicted molar refractivity (Wildman–Crippen MR) is 45.5 cm³/mol. The van der Waals surface area contributed by atoms with E-state index < -0.39 is 0 Å². The average molecular weight is 165 g/mol. The molecular formula is C10H15NO. The highest BCUT2D eigenvalue weighted by Gasteiger charge is 2.55. The minimum atomic E-state index is -0.0735. The van der Waals surface area contributed by atoms with Crippen LogP contribution in [0.1, 0.15) is 44.9 Å². The van der Waals surface area contributed by atoms with Crippen LogP contribution in [0.15, 0.2) is 0 Å². The highest BCUT2D eigenvalue weighted by Crippen LogP contribution is 2.46. The van der Waals surface area contributed by atoms with Gasteiger partial charge < -0.3 is 4.74 Å². The van der Waals surface area contributed by atoms with E-state index in [1.54, 1.807) is 0 Å². The van der Waals surface area contributed by atoms with Gasteiger partial charge in [0, 0.05) is 0 Å². The van der Waals surface area contributed by atoms with Crippen LogP contribution in [0.25, 0.3) is 0 Å². The van der Waals surface area contributed by atoms with Crippen molar-refractivity contribution < 1.29 is 4.74 Å². The molecule has 1 aliphatic carbocycles. The molecular weight excluding hydrogens is 150 g/mol. The van der Waals surface area contributed by atoms with Gasteiger partial charge in [0.15, 0.2) is 6.10 Å². The van der Waals surface area contributed by atoms with Crippen LogP contribution in [-0.2, 0) is 4.74 Å². The molecule has 2 nitrogen and oxygen atoms in total. The Bertz CT molecular complexity index is 198. The van der Waals surface area contributed by atoms with E-state index in [0.29, 0.717) is 0 Å². The summed E-state index contributed by atoms with van der Waals surface area (Å²) in [4.78, 5) is 0. The molecule has 2 rings (SSSR count). The Hall–Kier alpha value is -0.550. The monoisotopic (exact) mass is 165 g/mol. The zero-order valence-corrected chi connectivity index (χ0v) is 7.38. The molecule has 0 aromatic carbocycles. The first-order valence-corrected chi connectivity index (χ1v) is 4.95. The molecule has 1 aliphatic heterocycles. The molecule has 2 aliphatic rings. The minimum Gasteiger partial charge on any atom is -0.350 e. The number of hydrogen-bond acceptors (Lipinski definition) is 2. The fourth-order valence-corrected chi connectivity index (χ4v) is 2.23. The summed E-state index contributed by atoms with van der Waals surface area (Å²) in [6.45, 7) is 0. The van der Waals surface area contributed by atoms with Gasteiger partial charge in [-0.05, 0) is 12.8 Å². The number of epoxide rings is 1. The summed E-state index contributed by atoms with van der Waals surface area (Å²) in [5.41, 5.74) is 0.00910. The van der Waals surface area contributed by atoms with E-state index in [1.807, 2.05) is 0 Å². The molecule has 2 heteroatoms. The van der Waals surface area contributed by atoms with Gasteiger partial charge in [-0.25, -0.2) is 0 Å². The normalized spacial score (nSPS) is 33.4. The van der Waals surface area contributed by atoms with Gasteiger partial charge in [-0.3, -0.25) is 0 Å². The van der Waals surface area contributed by atoms with E-state index in [0.717, 1.165) is 12.8 Å². The van der Waals surface area contributed by atoms with Crippen molar-refractivity contribution >= 4 is 0 Å². The van der Waals surface area contributed by atoms with Crippen molar-refractivity contribution in [2.75, 3.05) is 0 Å². The zero-order chi connectivity index (χ0) is 8.44. The van der Waals surface area contributed by atoms with Gasteiger partial charge in [0.1, 0.15) is 5.60 Å². The lowest BCUT2D eigenvalue weighted by atomic mass is 9.89. The maximum Gasteiger partial charge on any atom is 0.173 e. The van der Waals surface area contributed by atoms with Gasteiger partial charge in [0.2, 0.25) is 0 Å². The van der Waals surface area contributed by atoms with Crippen LogP contribution in [0.5, 0.6) is 0 Å². The quantitative estimate of drug-likeness (QED) is 0.517. The average Bonchev–Trinajstić information content (AvgIpc) is 2.73. The van der Waals surface area contributed by atoms with Crippen LogP contribution in [0, 0.1) is 11.3 Å². The summed E-state index contributed by atoms with van der Waals surface area (Å²) < 4.78 is 5.47. The lowest BCUT2D eigenvalue weighted by Crippen LogP contribution is -2.16. The molecule has 12 heavy (non-hydrogen) atoms. The van der Waals surface area contributed by atoms with E-state index in [1.165, 1.54) is 32.1 Å². The molecule has 1 heterocycles. The summed E-state index contributed by atoms with van der Waals surface area (Å²) in [5.74, 6) is 0. The first-order chi connectivity index (χ1) is 5.87. The van der Waals surface area contributed by atoms with Crippen LogP contribution in [0.2, 0.25) is 0 Å². The smallest absolute Gasteiger partial charge is 0.173 e.